The number of alkyl halides is 2. The van der Waals surface area contributed by atoms with Gasteiger partial charge in [-0.05, 0) is 0 Å². The zero-order valence-electron chi connectivity index (χ0n) is 8.91. The summed E-state index contributed by atoms with van der Waals surface area (Å²) in [6.45, 7) is -0.948. The van der Waals surface area contributed by atoms with Gasteiger partial charge in [-0.1, -0.05) is 0 Å². The summed E-state index contributed by atoms with van der Waals surface area (Å²) < 4.78 is 31.6. The fraction of sp³-hybridized carbons (Fsp3) is 0.333. The molecular weight excluding hydrogens is 621 g/mol. The number of hydrogen-bond donors (Lipinski definition) is 0. The summed E-state index contributed by atoms with van der Waals surface area (Å²) in [4.78, 5) is 15.7. The topological polar surface area (TPSA) is 43.6 Å². The average Bonchev–Trinajstić information content (AvgIpc) is 2.21. The monoisotopic (exact) mass is 630 g/mol. The number of ether oxygens (including phenoxy) is 1. The number of pyridine rings is 1. The average molecular weight is 629 g/mol. The van der Waals surface area contributed by atoms with Gasteiger partial charge in [-0.2, -0.15) is 0 Å². The molecule has 1 aromatic rings. The first-order valence-electron chi connectivity index (χ1n) is 4.64. The Hall–Kier alpha value is 0.124. The van der Waals surface area contributed by atoms with Gasteiger partial charge in [0, 0.05) is 0 Å². The maximum atomic E-state index is 12.6. The van der Waals surface area contributed by atoms with Gasteiger partial charge in [-0.3, -0.25) is 0 Å². The number of hydrogen-bond acceptors (Lipinski definition) is 3. The van der Waals surface area contributed by atoms with Crippen LogP contribution in [0.2, 0.25) is 0 Å². The third-order valence-corrected chi connectivity index (χ3v) is 2.62. The first-order chi connectivity index (χ1) is 7.95. The summed E-state index contributed by atoms with van der Waals surface area (Å²) in [5, 5.41) is 0. The third kappa shape index (κ3) is 4.37. The van der Waals surface area contributed by atoms with Crippen LogP contribution < -0.4 is 10.3 Å². The van der Waals surface area contributed by atoms with E-state index in [0.717, 1.165) is 58.6 Å². The Morgan fingerprint density at radius 1 is 1.59 bits per heavy atom. The summed E-state index contributed by atoms with van der Waals surface area (Å²) in [7, 11) is 0. The summed E-state index contributed by atoms with van der Waals surface area (Å²) in [6, 6.07) is 1.40. The van der Waals surface area contributed by atoms with Gasteiger partial charge in [0.2, 0.25) is 0 Å². The van der Waals surface area contributed by atoms with Crippen molar-refractivity contribution < 1.29 is 13.5 Å². The molecule has 0 N–H and O–H groups in total. The predicted molar refractivity (Wildman–Crippen MR) is 61.7 cm³/mol. The molecule has 0 unspecified atom stereocenters. The van der Waals surface area contributed by atoms with Crippen LogP contribution in [0.15, 0.2) is 22.1 Å². The van der Waals surface area contributed by atoms with E-state index in [9.17, 15) is 13.6 Å². The van der Waals surface area contributed by atoms with E-state index < -0.39 is 12.1 Å². The Balaban J connectivity index is 3.36. The second-order valence-corrected chi connectivity index (χ2v) is 14.2. The van der Waals surface area contributed by atoms with Crippen LogP contribution in [-0.2, 0) is 0 Å². The van der Waals surface area contributed by atoms with Crippen molar-refractivity contribution in [3.63, 3.8) is 0 Å². The molecule has 1 aromatic heterocycles. The number of nitrogens with zero attached hydrogens (tertiary/aromatic N) is 2. The molecule has 6 radical (unpaired) electrons. The minimum atomic E-state index is -2.89. The first kappa shape index (κ1) is 15.2. The fourth-order valence-corrected chi connectivity index (χ4v) is 2.16. The van der Waals surface area contributed by atoms with Crippen molar-refractivity contribution in [3.05, 3.63) is 22.6 Å². The first-order valence-corrected chi connectivity index (χ1v) is 8.53. The molecule has 1 heterocycles. The molecule has 0 aliphatic rings. The Labute approximate surface area is 128 Å². The van der Waals surface area contributed by atoms with Crippen molar-refractivity contribution >= 4 is 58.1 Å². The molecule has 0 atom stereocenters. The van der Waals surface area contributed by atoms with Gasteiger partial charge in [-0.15, -0.1) is 0 Å². The second kappa shape index (κ2) is 6.90. The van der Waals surface area contributed by atoms with Gasteiger partial charge in [0.25, 0.3) is 0 Å². The van der Waals surface area contributed by atoms with E-state index in [4.69, 9.17) is 4.74 Å². The van der Waals surface area contributed by atoms with Crippen molar-refractivity contribution in [3.8, 4) is 5.75 Å². The van der Waals surface area contributed by atoms with Gasteiger partial charge in [0.05, 0.1) is 0 Å². The van der Waals surface area contributed by atoms with E-state index in [0.29, 0.717) is 10.3 Å². The molecule has 0 aromatic carbocycles. The molecule has 0 saturated carbocycles. The second-order valence-electron chi connectivity index (χ2n) is 2.95. The molecule has 0 aliphatic carbocycles. The van der Waals surface area contributed by atoms with E-state index in [1.165, 1.54) is 6.07 Å². The van der Waals surface area contributed by atoms with Crippen LogP contribution in [0.3, 0.4) is 0 Å². The molecule has 0 saturated heterocycles. The Morgan fingerprint density at radius 3 is 2.71 bits per heavy atom. The number of rotatable bonds is 4. The van der Waals surface area contributed by atoms with Crippen molar-refractivity contribution in [2.75, 3.05) is 6.61 Å². The Kier molecular flexibility index (Phi) is 6.16. The molecule has 0 fully saturated rings. The normalized spacial score (nSPS) is 10.5. The molecule has 0 spiro atoms. The van der Waals surface area contributed by atoms with Crippen LogP contribution in [-0.4, -0.2) is 63.5 Å². The molecular formula is C9H8F2N2O2Pb2. The fourth-order valence-electron chi connectivity index (χ4n) is 1.16. The standard InChI is InChI=1S/C9H8F2N2O2.2Pb/c1-3-15-7-4-6(12-2)5-13(8(7)14)9(10)11;;/h4-5,9H,3H2,1H3;;. The number of aromatic nitrogens is 1. The van der Waals surface area contributed by atoms with Gasteiger partial charge < -0.3 is 0 Å². The Morgan fingerprint density at radius 2 is 2.24 bits per heavy atom. The van der Waals surface area contributed by atoms with Crippen LogP contribution >= 0.6 is 0 Å². The van der Waals surface area contributed by atoms with Crippen LogP contribution in [0.25, 0.3) is 0 Å². The summed E-state index contributed by atoms with van der Waals surface area (Å²) in [5.74, 6) is -0.0846. The SMILES string of the molecule is CCOc1cc(N=[C]([Pb])[Pb])cn(C(F)F)c1=O. The van der Waals surface area contributed by atoms with Crippen LogP contribution in [0.1, 0.15) is 13.5 Å². The quantitative estimate of drug-likeness (QED) is 0.369. The number of halogens is 2. The molecule has 88 valence electrons. The molecule has 0 amide bonds. The van der Waals surface area contributed by atoms with Crippen molar-refractivity contribution in [2.24, 2.45) is 4.99 Å². The van der Waals surface area contributed by atoms with Gasteiger partial charge in [0.1, 0.15) is 0 Å². The molecule has 8 heteroatoms. The number of aliphatic imine (C=N–C) groups is 1. The molecule has 1 rings (SSSR count). The molecule has 0 bridgehead atoms. The van der Waals surface area contributed by atoms with E-state index in [2.05, 4.69) is 4.99 Å². The van der Waals surface area contributed by atoms with E-state index >= 15 is 0 Å². The van der Waals surface area contributed by atoms with Gasteiger partial charge >= 0.3 is 130 Å². The predicted octanol–water partition coefficient (Wildman–Crippen LogP) is 0.967. The zero-order valence-corrected chi connectivity index (χ0v) is 16.7. The van der Waals surface area contributed by atoms with Crippen LogP contribution in [0, 0.1) is 0 Å². The van der Waals surface area contributed by atoms with E-state index in [-0.39, 0.29) is 12.4 Å². The van der Waals surface area contributed by atoms with Gasteiger partial charge in [0.15, 0.2) is 0 Å². The molecule has 0 aliphatic heterocycles. The Bertz CT molecular complexity index is 484. The van der Waals surface area contributed by atoms with Crippen LogP contribution in [0.4, 0.5) is 14.5 Å². The third-order valence-electron chi connectivity index (χ3n) is 1.75. The summed E-state index contributed by atoms with van der Waals surface area (Å²) in [6.07, 6.45) is 1.06. The molecule has 4 nitrogen and oxygen atoms in total. The van der Waals surface area contributed by atoms with Crippen molar-refractivity contribution in [1.82, 2.24) is 4.57 Å². The van der Waals surface area contributed by atoms with Crippen molar-refractivity contribution in [1.29, 1.82) is 0 Å². The van der Waals surface area contributed by atoms with E-state index in [1.807, 2.05) is 0 Å². The van der Waals surface area contributed by atoms with Gasteiger partial charge in [-0.25, -0.2) is 0 Å². The molecule has 17 heavy (non-hydrogen) atoms. The van der Waals surface area contributed by atoms with Crippen molar-refractivity contribution in [2.45, 2.75) is 13.5 Å². The van der Waals surface area contributed by atoms with Crippen LogP contribution in [0.5, 0.6) is 5.75 Å². The maximum absolute atomic E-state index is 12.6. The summed E-state index contributed by atoms with van der Waals surface area (Å²) in [5.41, 5.74) is -0.489. The zero-order chi connectivity index (χ0) is 13.0. The van der Waals surface area contributed by atoms with E-state index in [1.54, 1.807) is 6.92 Å². The summed E-state index contributed by atoms with van der Waals surface area (Å²) >= 11 is 1.58. The minimum absolute atomic E-state index is 0.0846.